The Morgan fingerprint density at radius 1 is 1.12 bits per heavy atom. The molecule has 1 saturated carbocycles. The van der Waals surface area contributed by atoms with Gasteiger partial charge in [0.15, 0.2) is 5.75 Å². The Hall–Kier alpha value is -4.00. The third-order valence-corrected chi connectivity index (χ3v) is 7.78. The molecule has 2 aromatic carbocycles. The van der Waals surface area contributed by atoms with Gasteiger partial charge in [-0.15, -0.1) is 13.2 Å². The summed E-state index contributed by atoms with van der Waals surface area (Å²) >= 11 is 0. The van der Waals surface area contributed by atoms with Gasteiger partial charge in [0, 0.05) is 31.0 Å². The molecule has 12 heteroatoms. The van der Waals surface area contributed by atoms with Gasteiger partial charge >= 0.3 is 6.36 Å². The molecule has 1 aliphatic heterocycles. The molecule has 2 aromatic heterocycles. The number of ether oxygens (including phenoxy) is 2. The van der Waals surface area contributed by atoms with Crippen molar-refractivity contribution in [1.82, 2.24) is 19.4 Å². The van der Waals surface area contributed by atoms with Crippen LogP contribution in [0.4, 0.5) is 18.9 Å². The molecule has 1 unspecified atom stereocenters. The van der Waals surface area contributed by atoms with E-state index in [-0.39, 0.29) is 11.4 Å². The highest BCUT2D eigenvalue weighted by Crippen LogP contribution is 2.46. The monoisotopic (exact) mass is 567 g/mol. The molecular formula is C29H28F3N5O4. The maximum atomic E-state index is 13.5. The lowest BCUT2D eigenvalue weighted by Crippen LogP contribution is -2.53. The van der Waals surface area contributed by atoms with Gasteiger partial charge < -0.3 is 19.9 Å². The second-order valence-electron chi connectivity index (χ2n) is 10.3. The fraction of sp³-hybridized carbons (Fsp3) is 0.345. The number of benzene rings is 2. The zero-order valence-corrected chi connectivity index (χ0v) is 22.2. The number of anilines is 1. The van der Waals surface area contributed by atoms with Gasteiger partial charge in [0.25, 0.3) is 5.56 Å². The molecule has 0 spiro atoms. The molecule has 6 rings (SSSR count). The van der Waals surface area contributed by atoms with Gasteiger partial charge in [-0.3, -0.25) is 19.2 Å². The van der Waals surface area contributed by atoms with Crippen molar-refractivity contribution in [2.45, 2.75) is 37.9 Å². The number of nitrogens with zero attached hydrogens (tertiary/aromatic N) is 4. The molecule has 214 valence electrons. The van der Waals surface area contributed by atoms with Crippen LogP contribution in [-0.4, -0.2) is 69.0 Å². The summed E-state index contributed by atoms with van der Waals surface area (Å²) in [6.07, 6.45) is 0.0340. The van der Waals surface area contributed by atoms with Crippen LogP contribution in [-0.2, 0) is 4.74 Å². The van der Waals surface area contributed by atoms with Gasteiger partial charge in [0.1, 0.15) is 12.6 Å². The summed E-state index contributed by atoms with van der Waals surface area (Å²) < 4.78 is 50.6. The predicted molar refractivity (Wildman–Crippen MR) is 146 cm³/mol. The van der Waals surface area contributed by atoms with Gasteiger partial charge in [-0.25, -0.2) is 4.98 Å². The molecule has 1 atom stereocenters. The lowest BCUT2D eigenvalue weighted by atomic mass is 10.0. The second-order valence-corrected chi connectivity index (χ2v) is 10.3. The van der Waals surface area contributed by atoms with Crippen LogP contribution in [0.1, 0.15) is 18.4 Å². The molecule has 2 fully saturated rings. The first-order valence-electron chi connectivity index (χ1n) is 13.2. The van der Waals surface area contributed by atoms with Gasteiger partial charge in [0.05, 0.1) is 41.0 Å². The zero-order valence-electron chi connectivity index (χ0n) is 22.2. The van der Waals surface area contributed by atoms with Crippen LogP contribution in [0.15, 0.2) is 66.0 Å². The number of rotatable bonds is 7. The maximum Gasteiger partial charge on any atom is 0.573 e. The minimum absolute atomic E-state index is 0.0961. The van der Waals surface area contributed by atoms with E-state index in [1.165, 1.54) is 23.0 Å². The Bertz CT molecular complexity index is 1650. The summed E-state index contributed by atoms with van der Waals surface area (Å²) in [5.41, 5.74) is 2.43. The van der Waals surface area contributed by atoms with Crippen LogP contribution in [0.3, 0.4) is 0 Å². The Kier molecular flexibility index (Phi) is 6.92. The van der Waals surface area contributed by atoms with E-state index in [4.69, 9.17) is 4.74 Å². The number of aliphatic hydroxyl groups is 1. The van der Waals surface area contributed by atoms with Crippen molar-refractivity contribution < 1.29 is 27.8 Å². The van der Waals surface area contributed by atoms with Crippen LogP contribution in [0, 0.1) is 6.92 Å². The topological polar surface area (TPSA) is 102 Å². The highest BCUT2D eigenvalue weighted by molar-refractivity contribution is 5.84. The first kappa shape index (κ1) is 27.2. The third-order valence-electron chi connectivity index (χ3n) is 7.78. The SMILES string of the molecule is Cc1ccncc1-c1ccc2c(=O)n(-c3ccc(OC(F)(F)F)c(NC(O)C4(N5CCOCC5)CC4)c3)cnc2c1. The molecule has 2 N–H and O–H groups in total. The van der Waals surface area contributed by atoms with Gasteiger partial charge in [-0.2, -0.15) is 0 Å². The summed E-state index contributed by atoms with van der Waals surface area (Å²) in [4.78, 5) is 24.2. The van der Waals surface area contributed by atoms with Crippen LogP contribution in [0.2, 0.25) is 0 Å². The molecule has 2 aliphatic rings. The smallest absolute Gasteiger partial charge is 0.404 e. The lowest BCUT2D eigenvalue weighted by molar-refractivity contribution is -0.274. The number of aliphatic hydroxyl groups excluding tert-OH is 1. The van der Waals surface area contributed by atoms with Crippen molar-refractivity contribution in [2.75, 3.05) is 31.6 Å². The van der Waals surface area contributed by atoms with Crippen LogP contribution < -0.4 is 15.6 Å². The highest BCUT2D eigenvalue weighted by atomic mass is 19.4. The molecule has 1 saturated heterocycles. The number of hydrogen-bond acceptors (Lipinski definition) is 8. The Labute approximate surface area is 233 Å². The number of aromatic nitrogens is 3. The zero-order chi connectivity index (χ0) is 28.8. The molecule has 0 bridgehead atoms. The maximum absolute atomic E-state index is 13.5. The van der Waals surface area contributed by atoms with E-state index in [2.05, 4.69) is 24.9 Å². The van der Waals surface area contributed by atoms with Crippen LogP contribution >= 0.6 is 0 Å². The summed E-state index contributed by atoms with van der Waals surface area (Å²) in [5, 5.41) is 14.3. The number of halogens is 3. The van der Waals surface area contributed by atoms with Gasteiger partial charge in [0.2, 0.25) is 0 Å². The largest absolute Gasteiger partial charge is 0.573 e. The molecular weight excluding hydrogens is 539 g/mol. The first-order valence-corrected chi connectivity index (χ1v) is 13.2. The minimum Gasteiger partial charge on any atom is -0.404 e. The van der Waals surface area contributed by atoms with Crippen molar-refractivity contribution >= 4 is 16.6 Å². The van der Waals surface area contributed by atoms with Crippen molar-refractivity contribution in [2.24, 2.45) is 0 Å². The van der Waals surface area contributed by atoms with E-state index >= 15 is 0 Å². The normalized spacial score (nSPS) is 17.8. The third kappa shape index (κ3) is 5.37. The van der Waals surface area contributed by atoms with Crippen molar-refractivity contribution in [3.63, 3.8) is 0 Å². The Morgan fingerprint density at radius 3 is 2.61 bits per heavy atom. The van der Waals surface area contributed by atoms with Crippen LogP contribution in [0.5, 0.6) is 5.75 Å². The molecule has 9 nitrogen and oxygen atoms in total. The number of morpholine rings is 1. The van der Waals surface area contributed by atoms with E-state index in [9.17, 15) is 23.1 Å². The summed E-state index contributed by atoms with van der Waals surface area (Å²) in [6, 6.07) is 11.0. The molecule has 3 heterocycles. The molecule has 1 aliphatic carbocycles. The quantitative estimate of drug-likeness (QED) is 0.320. The van der Waals surface area contributed by atoms with E-state index in [0.717, 1.165) is 22.8 Å². The summed E-state index contributed by atoms with van der Waals surface area (Å²) in [5.74, 6) is -0.517. The standard InChI is InChI=1S/C29H28F3N5O4/c1-18-6-9-33-16-22(18)19-2-4-21-23(14-19)34-17-37(26(21)38)20-3-5-25(41-29(30,31)32)24(15-20)35-27(39)28(7-8-28)36-10-12-40-13-11-36/h2-6,9,14-17,27,35,39H,7-8,10-13H2,1H3. The number of alkyl halides is 3. The fourth-order valence-electron chi connectivity index (χ4n) is 5.41. The number of hydrogen-bond donors (Lipinski definition) is 2. The van der Waals surface area contributed by atoms with E-state index in [0.29, 0.717) is 50.0 Å². The number of aryl methyl sites for hydroxylation is 1. The Balaban J connectivity index is 1.35. The molecule has 0 radical (unpaired) electrons. The van der Waals surface area contributed by atoms with Gasteiger partial charge in [-0.1, -0.05) is 6.07 Å². The highest BCUT2D eigenvalue weighted by Gasteiger charge is 2.54. The number of fused-ring (bicyclic) bond motifs is 1. The summed E-state index contributed by atoms with van der Waals surface area (Å²) in [6.45, 7) is 4.24. The van der Waals surface area contributed by atoms with Crippen LogP contribution in [0.25, 0.3) is 27.7 Å². The second kappa shape index (κ2) is 10.4. The molecule has 41 heavy (non-hydrogen) atoms. The van der Waals surface area contributed by atoms with E-state index < -0.39 is 29.4 Å². The number of nitrogens with one attached hydrogen (secondary N) is 1. The Morgan fingerprint density at radius 2 is 1.90 bits per heavy atom. The van der Waals surface area contributed by atoms with Crippen molar-refractivity contribution in [1.29, 1.82) is 0 Å². The van der Waals surface area contributed by atoms with Gasteiger partial charge in [-0.05, 0) is 67.3 Å². The van der Waals surface area contributed by atoms with E-state index in [1.807, 2.05) is 19.1 Å². The van der Waals surface area contributed by atoms with Crippen molar-refractivity contribution in [3.05, 3.63) is 77.1 Å². The fourth-order valence-corrected chi connectivity index (χ4v) is 5.41. The van der Waals surface area contributed by atoms with Crippen molar-refractivity contribution in [3.8, 4) is 22.6 Å². The summed E-state index contributed by atoms with van der Waals surface area (Å²) in [7, 11) is 0. The molecule has 4 aromatic rings. The number of pyridine rings is 1. The first-order chi connectivity index (χ1) is 19.6. The average Bonchev–Trinajstić information content (AvgIpc) is 3.77. The lowest BCUT2D eigenvalue weighted by Gasteiger charge is -2.38. The minimum atomic E-state index is -4.95. The van der Waals surface area contributed by atoms with E-state index in [1.54, 1.807) is 24.5 Å². The average molecular weight is 568 g/mol. The predicted octanol–water partition coefficient (Wildman–Crippen LogP) is 4.25. The molecule has 0 amide bonds.